The largest absolute Gasteiger partial charge is 0.491 e. The first-order chi connectivity index (χ1) is 12.1. The van der Waals surface area contributed by atoms with Crippen LogP contribution < -0.4 is 4.74 Å². The third-order valence-electron chi connectivity index (χ3n) is 4.23. The molecule has 6 heteroatoms. The molecule has 1 aliphatic rings. The Morgan fingerprint density at radius 1 is 1.08 bits per heavy atom. The molecule has 0 atom stereocenters. The van der Waals surface area contributed by atoms with Crippen molar-refractivity contribution < 1.29 is 13.9 Å². The summed E-state index contributed by atoms with van der Waals surface area (Å²) in [5, 5.41) is 0.605. The van der Waals surface area contributed by atoms with E-state index in [1.807, 2.05) is 18.2 Å². The van der Waals surface area contributed by atoms with Gasteiger partial charge >= 0.3 is 0 Å². The van der Waals surface area contributed by atoms with Crippen LogP contribution in [0.5, 0.6) is 5.75 Å². The van der Waals surface area contributed by atoms with E-state index in [2.05, 4.69) is 4.90 Å². The third kappa shape index (κ3) is 4.71. The van der Waals surface area contributed by atoms with Gasteiger partial charge in [0, 0.05) is 38.3 Å². The molecule has 4 nitrogen and oxygen atoms in total. The van der Waals surface area contributed by atoms with Crippen LogP contribution in [0.3, 0.4) is 0 Å². The van der Waals surface area contributed by atoms with Crippen molar-refractivity contribution in [3.63, 3.8) is 0 Å². The summed E-state index contributed by atoms with van der Waals surface area (Å²) in [6.45, 7) is 4.11. The Balaban J connectivity index is 1.44. The first kappa shape index (κ1) is 17.7. The number of hydrogen-bond acceptors (Lipinski definition) is 3. The molecule has 1 saturated heterocycles. The van der Waals surface area contributed by atoms with Gasteiger partial charge in [-0.15, -0.1) is 0 Å². The summed E-state index contributed by atoms with van der Waals surface area (Å²) in [5.74, 6) is 0.178. The Bertz CT molecular complexity index is 733. The fourth-order valence-electron chi connectivity index (χ4n) is 2.83. The summed E-state index contributed by atoms with van der Waals surface area (Å²) in [5.41, 5.74) is 0.399. The van der Waals surface area contributed by atoms with Crippen molar-refractivity contribution in [1.82, 2.24) is 9.80 Å². The lowest BCUT2D eigenvalue weighted by atomic mass is 10.1. The van der Waals surface area contributed by atoms with Gasteiger partial charge in [-0.05, 0) is 30.3 Å². The summed E-state index contributed by atoms with van der Waals surface area (Å²) in [6, 6.07) is 13.2. The van der Waals surface area contributed by atoms with Crippen molar-refractivity contribution >= 4 is 17.5 Å². The number of halogens is 2. The Morgan fingerprint density at radius 3 is 2.56 bits per heavy atom. The first-order valence-electron chi connectivity index (χ1n) is 8.28. The highest BCUT2D eigenvalue weighted by molar-refractivity contribution is 6.32. The number of rotatable bonds is 5. The van der Waals surface area contributed by atoms with Gasteiger partial charge in [0.15, 0.2) is 0 Å². The van der Waals surface area contributed by atoms with Crippen molar-refractivity contribution in [2.75, 3.05) is 39.3 Å². The molecule has 132 valence electrons. The molecule has 25 heavy (non-hydrogen) atoms. The normalized spacial score (nSPS) is 15.2. The lowest BCUT2D eigenvalue weighted by molar-refractivity contribution is 0.0620. The number of amides is 1. The van der Waals surface area contributed by atoms with Gasteiger partial charge in [0.1, 0.15) is 18.2 Å². The van der Waals surface area contributed by atoms with Crippen LogP contribution in [0, 0.1) is 5.82 Å². The summed E-state index contributed by atoms with van der Waals surface area (Å²) in [4.78, 5) is 16.4. The molecule has 0 spiro atoms. The minimum absolute atomic E-state index is 0.119. The number of carbonyl (C=O) groups excluding carboxylic acids is 1. The van der Waals surface area contributed by atoms with E-state index in [4.69, 9.17) is 16.3 Å². The van der Waals surface area contributed by atoms with E-state index in [1.165, 1.54) is 12.1 Å². The van der Waals surface area contributed by atoms with E-state index >= 15 is 0 Å². The number of carbonyl (C=O) groups is 1. The van der Waals surface area contributed by atoms with Gasteiger partial charge in [0.25, 0.3) is 5.91 Å². The average Bonchev–Trinajstić information content (AvgIpc) is 2.63. The minimum Gasteiger partial charge on any atom is -0.491 e. The predicted molar refractivity (Wildman–Crippen MR) is 95.7 cm³/mol. The van der Waals surface area contributed by atoms with Gasteiger partial charge in [-0.25, -0.2) is 4.39 Å². The van der Waals surface area contributed by atoms with Gasteiger partial charge in [0.05, 0.1) is 5.02 Å². The summed E-state index contributed by atoms with van der Waals surface area (Å²) >= 11 is 6.06. The maximum atomic E-state index is 13.3. The second-order valence-electron chi connectivity index (χ2n) is 5.92. The maximum absolute atomic E-state index is 13.3. The second kappa shape index (κ2) is 8.32. The van der Waals surface area contributed by atoms with Gasteiger partial charge in [0.2, 0.25) is 0 Å². The zero-order valence-electron chi connectivity index (χ0n) is 13.8. The number of para-hydroxylation sites is 1. The summed E-state index contributed by atoms with van der Waals surface area (Å²) in [6.07, 6.45) is 0. The molecular formula is C19H20ClFN2O2. The molecule has 0 unspecified atom stereocenters. The molecule has 1 amide bonds. The van der Waals surface area contributed by atoms with Crippen LogP contribution in [0.15, 0.2) is 48.5 Å². The minimum atomic E-state index is -0.388. The van der Waals surface area contributed by atoms with Crippen molar-refractivity contribution in [2.24, 2.45) is 0 Å². The van der Waals surface area contributed by atoms with E-state index < -0.39 is 0 Å². The highest BCUT2D eigenvalue weighted by Gasteiger charge is 2.22. The van der Waals surface area contributed by atoms with E-state index in [0.717, 1.165) is 19.6 Å². The molecule has 0 aromatic heterocycles. The Morgan fingerprint density at radius 2 is 1.84 bits per heavy atom. The van der Waals surface area contributed by atoms with E-state index in [-0.39, 0.29) is 11.7 Å². The molecule has 0 saturated carbocycles. The van der Waals surface area contributed by atoms with Gasteiger partial charge in [-0.2, -0.15) is 0 Å². The number of piperazine rings is 1. The maximum Gasteiger partial charge on any atom is 0.254 e. The molecular weight excluding hydrogens is 343 g/mol. The predicted octanol–water partition coefficient (Wildman–Crippen LogP) is 3.32. The summed E-state index contributed by atoms with van der Waals surface area (Å²) < 4.78 is 19.0. The monoisotopic (exact) mass is 362 g/mol. The van der Waals surface area contributed by atoms with Crippen LogP contribution in [-0.4, -0.2) is 55.0 Å². The van der Waals surface area contributed by atoms with Gasteiger partial charge < -0.3 is 9.64 Å². The van der Waals surface area contributed by atoms with Gasteiger partial charge in [-0.3, -0.25) is 9.69 Å². The van der Waals surface area contributed by atoms with Crippen LogP contribution in [0.4, 0.5) is 4.39 Å². The third-order valence-corrected chi connectivity index (χ3v) is 4.55. The lowest BCUT2D eigenvalue weighted by Crippen LogP contribution is -2.49. The van der Waals surface area contributed by atoms with E-state index in [0.29, 0.717) is 36.0 Å². The molecule has 1 fully saturated rings. The standard InChI is InChI=1S/C19H20ClFN2O2/c20-17-6-1-2-7-18(17)25-13-12-22-8-10-23(11-9-22)19(24)15-4-3-5-16(21)14-15/h1-7,14H,8-13H2. The van der Waals surface area contributed by atoms with E-state index in [9.17, 15) is 9.18 Å². The number of ether oxygens (including phenoxy) is 1. The summed E-state index contributed by atoms with van der Waals surface area (Å²) in [7, 11) is 0. The van der Waals surface area contributed by atoms with Crippen molar-refractivity contribution in [1.29, 1.82) is 0 Å². The Kier molecular flexibility index (Phi) is 5.89. The fourth-order valence-corrected chi connectivity index (χ4v) is 3.02. The molecule has 0 N–H and O–H groups in total. The molecule has 0 bridgehead atoms. The van der Waals surface area contributed by atoms with Crippen molar-refractivity contribution in [3.8, 4) is 5.75 Å². The molecule has 2 aromatic rings. The molecule has 2 aromatic carbocycles. The smallest absolute Gasteiger partial charge is 0.254 e. The number of benzene rings is 2. The second-order valence-corrected chi connectivity index (χ2v) is 6.33. The van der Waals surface area contributed by atoms with Gasteiger partial charge in [-0.1, -0.05) is 29.8 Å². The van der Waals surface area contributed by atoms with Crippen LogP contribution >= 0.6 is 11.6 Å². The zero-order chi connectivity index (χ0) is 17.6. The van der Waals surface area contributed by atoms with Crippen LogP contribution in [0.2, 0.25) is 5.02 Å². The van der Waals surface area contributed by atoms with Crippen molar-refractivity contribution in [2.45, 2.75) is 0 Å². The number of hydrogen-bond donors (Lipinski definition) is 0. The topological polar surface area (TPSA) is 32.8 Å². The highest BCUT2D eigenvalue weighted by Crippen LogP contribution is 2.23. The first-order valence-corrected chi connectivity index (χ1v) is 8.66. The Hall–Kier alpha value is -2.11. The molecule has 0 aliphatic carbocycles. The zero-order valence-corrected chi connectivity index (χ0v) is 14.6. The van der Waals surface area contributed by atoms with Crippen LogP contribution in [0.25, 0.3) is 0 Å². The van der Waals surface area contributed by atoms with Crippen molar-refractivity contribution in [3.05, 3.63) is 64.9 Å². The SMILES string of the molecule is O=C(c1cccc(F)c1)N1CCN(CCOc2ccccc2Cl)CC1. The van der Waals surface area contributed by atoms with E-state index in [1.54, 1.807) is 23.1 Å². The number of nitrogens with zero attached hydrogens (tertiary/aromatic N) is 2. The average molecular weight is 363 g/mol. The Labute approximate surface area is 151 Å². The molecule has 3 rings (SSSR count). The molecule has 1 heterocycles. The van der Waals surface area contributed by atoms with Crippen LogP contribution in [0.1, 0.15) is 10.4 Å². The highest BCUT2D eigenvalue weighted by atomic mass is 35.5. The quantitative estimate of drug-likeness (QED) is 0.818. The molecule has 1 aliphatic heterocycles. The fraction of sp³-hybridized carbons (Fsp3) is 0.316. The van der Waals surface area contributed by atoms with Crippen LogP contribution in [-0.2, 0) is 0 Å². The molecule has 0 radical (unpaired) electrons. The lowest BCUT2D eigenvalue weighted by Gasteiger charge is -2.34.